The van der Waals surface area contributed by atoms with Crippen LogP contribution in [-0.2, 0) is 4.74 Å². The van der Waals surface area contributed by atoms with E-state index in [1.54, 1.807) is 13.2 Å². The third-order valence-corrected chi connectivity index (χ3v) is 4.43. The minimum atomic E-state index is -0.262. The van der Waals surface area contributed by atoms with Crippen LogP contribution in [0.5, 0.6) is 0 Å². The molecule has 6 nitrogen and oxygen atoms in total. The number of benzene rings is 1. The summed E-state index contributed by atoms with van der Waals surface area (Å²) < 4.78 is 5.53. The fourth-order valence-electron chi connectivity index (χ4n) is 2.88. The first-order valence-electron chi connectivity index (χ1n) is 8.15. The summed E-state index contributed by atoms with van der Waals surface area (Å²) in [6.07, 6.45) is 1.25. The topological polar surface area (TPSA) is 67.3 Å². The third-order valence-electron chi connectivity index (χ3n) is 4.43. The van der Waals surface area contributed by atoms with Crippen LogP contribution in [-0.4, -0.2) is 42.4 Å². The maximum absolute atomic E-state index is 12.2. The minimum Gasteiger partial charge on any atom is -0.379 e. The Morgan fingerprint density at radius 3 is 2.67 bits per heavy atom. The quantitative estimate of drug-likeness (QED) is 0.935. The number of carbonyl (C=O) groups excluding carboxylic acids is 1. The fraction of sp³-hybridized carbons (Fsp3) is 0.389. The van der Waals surface area contributed by atoms with Crippen LogP contribution in [0.1, 0.15) is 23.8 Å². The first kappa shape index (κ1) is 16.4. The molecule has 3 rings (SSSR count). The average Bonchev–Trinajstić information content (AvgIpc) is 2.63. The molecule has 1 aromatic heterocycles. The molecule has 1 amide bonds. The number of methoxy groups -OCH3 is 1. The molecule has 1 aromatic carbocycles. The number of hydrogen-bond acceptors (Lipinski definition) is 5. The zero-order valence-corrected chi connectivity index (χ0v) is 14.0. The molecule has 1 saturated heterocycles. The summed E-state index contributed by atoms with van der Waals surface area (Å²) in [4.78, 5) is 14.3. The van der Waals surface area contributed by atoms with Crippen LogP contribution in [0.3, 0.4) is 0 Å². The van der Waals surface area contributed by atoms with Crippen LogP contribution in [0.4, 0.5) is 11.5 Å². The number of ether oxygens (including phenoxy) is 1. The van der Waals surface area contributed by atoms with E-state index in [9.17, 15) is 4.79 Å². The Labute approximate surface area is 141 Å². The number of nitrogens with one attached hydrogen (secondary N) is 1. The van der Waals surface area contributed by atoms with Gasteiger partial charge in [-0.2, -0.15) is 0 Å². The van der Waals surface area contributed by atoms with E-state index in [0.29, 0.717) is 11.6 Å². The Morgan fingerprint density at radius 2 is 2.00 bits per heavy atom. The summed E-state index contributed by atoms with van der Waals surface area (Å²) in [7, 11) is 1.74. The summed E-state index contributed by atoms with van der Waals surface area (Å²) in [5.74, 6) is 1.05. The van der Waals surface area contributed by atoms with Gasteiger partial charge in [0, 0.05) is 25.9 Å². The van der Waals surface area contributed by atoms with Gasteiger partial charge < -0.3 is 15.0 Å². The molecule has 0 radical (unpaired) electrons. The highest BCUT2D eigenvalue weighted by atomic mass is 16.5. The van der Waals surface area contributed by atoms with Crippen molar-refractivity contribution >= 4 is 17.4 Å². The fourth-order valence-corrected chi connectivity index (χ4v) is 2.88. The molecule has 2 heterocycles. The molecule has 1 aliphatic rings. The lowest BCUT2D eigenvalue weighted by molar-refractivity contribution is 0.0496. The van der Waals surface area contributed by atoms with Gasteiger partial charge in [-0.05, 0) is 36.6 Å². The SMILES string of the molecule is COC1CN(c2ccc(C(=O)Nc3ccccc3)nn2)CCC1C. The highest BCUT2D eigenvalue weighted by Gasteiger charge is 2.27. The molecular weight excluding hydrogens is 304 g/mol. The standard InChI is InChI=1S/C18H22N4O2/c1-13-10-11-22(12-16(13)24-2)17-9-8-15(20-21-17)18(23)19-14-6-4-3-5-7-14/h3-9,13,16H,10-12H2,1-2H3,(H,19,23). The van der Waals surface area contributed by atoms with E-state index in [-0.39, 0.29) is 12.0 Å². The molecule has 0 spiro atoms. The molecule has 2 unspecified atom stereocenters. The number of nitrogens with zero attached hydrogens (tertiary/aromatic N) is 3. The molecule has 126 valence electrons. The first-order chi connectivity index (χ1) is 11.7. The van der Waals surface area contributed by atoms with E-state index in [4.69, 9.17) is 4.74 Å². The molecule has 1 fully saturated rings. The van der Waals surface area contributed by atoms with Gasteiger partial charge in [-0.15, -0.1) is 10.2 Å². The molecular formula is C18H22N4O2. The van der Waals surface area contributed by atoms with Gasteiger partial charge in [-0.1, -0.05) is 25.1 Å². The second-order valence-corrected chi connectivity index (χ2v) is 6.08. The van der Waals surface area contributed by atoms with Crippen LogP contribution < -0.4 is 10.2 Å². The Bertz CT molecular complexity index is 675. The molecule has 0 saturated carbocycles. The molecule has 6 heteroatoms. The Kier molecular flexibility index (Phi) is 5.05. The lowest BCUT2D eigenvalue weighted by Crippen LogP contribution is -2.44. The molecule has 0 aliphatic carbocycles. The molecule has 1 aliphatic heterocycles. The van der Waals surface area contributed by atoms with Crippen molar-refractivity contribution in [3.8, 4) is 0 Å². The summed E-state index contributed by atoms with van der Waals surface area (Å²) in [6.45, 7) is 3.92. The number of aromatic nitrogens is 2. The van der Waals surface area contributed by atoms with E-state index < -0.39 is 0 Å². The van der Waals surface area contributed by atoms with E-state index in [1.807, 2.05) is 36.4 Å². The average molecular weight is 326 g/mol. The first-order valence-corrected chi connectivity index (χ1v) is 8.15. The van der Waals surface area contributed by atoms with Crippen molar-refractivity contribution in [2.24, 2.45) is 5.92 Å². The van der Waals surface area contributed by atoms with Crippen molar-refractivity contribution in [1.82, 2.24) is 10.2 Å². The predicted octanol–water partition coefficient (Wildman–Crippen LogP) is 2.59. The van der Waals surface area contributed by atoms with Crippen molar-refractivity contribution in [3.05, 3.63) is 48.2 Å². The van der Waals surface area contributed by atoms with E-state index in [0.717, 1.165) is 31.0 Å². The highest BCUT2D eigenvalue weighted by Crippen LogP contribution is 2.23. The van der Waals surface area contributed by atoms with Gasteiger partial charge in [0.1, 0.15) is 0 Å². The zero-order chi connectivity index (χ0) is 16.9. The molecule has 2 aromatic rings. The number of anilines is 2. The second kappa shape index (κ2) is 7.40. The number of rotatable bonds is 4. The van der Waals surface area contributed by atoms with Gasteiger partial charge in [0.25, 0.3) is 5.91 Å². The van der Waals surface area contributed by atoms with Crippen molar-refractivity contribution in [2.75, 3.05) is 30.4 Å². The van der Waals surface area contributed by atoms with Crippen molar-refractivity contribution in [3.63, 3.8) is 0 Å². The van der Waals surface area contributed by atoms with Crippen LogP contribution >= 0.6 is 0 Å². The predicted molar refractivity (Wildman–Crippen MR) is 93.2 cm³/mol. The molecule has 0 bridgehead atoms. The van der Waals surface area contributed by atoms with Gasteiger partial charge in [-0.3, -0.25) is 4.79 Å². The Hall–Kier alpha value is -2.47. The van der Waals surface area contributed by atoms with Gasteiger partial charge in [-0.25, -0.2) is 0 Å². The second-order valence-electron chi connectivity index (χ2n) is 6.08. The maximum atomic E-state index is 12.2. The van der Waals surface area contributed by atoms with Crippen molar-refractivity contribution < 1.29 is 9.53 Å². The van der Waals surface area contributed by atoms with E-state index in [2.05, 4.69) is 27.3 Å². The number of hydrogen-bond donors (Lipinski definition) is 1. The van der Waals surface area contributed by atoms with Gasteiger partial charge in [0.2, 0.25) is 0 Å². The maximum Gasteiger partial charge on any atom is 0.276 e. The molecule has 1 N–H and O–H groups in total. The van der Waals surface area contributed by atoms with Gasteiger partial charge in [0.05, 0.1) is 6.10 Å². The zero-order valence-electron chi connectivity index (χ0n) is 14.0. The molecule has 2 atom stereocenters. The van der Waals surface area contributed by atoms with Crippen LogP contribution in [0.15, 0.2) is 42.5 Å². The number of para-hydroxylation sites is 1. The van der Waals surface area contributed by atoms with Crippen LogP contribution in [0.2, 0.25) is 0 Å². The number of carbonyl (C=O) groups is 1. The monoisotopic (exact) mass is 326 g/mol. The van der Waals surface area contributed by atoms with Gasteiger partial charge >= 0.3 is 0 Å². The van der Waals surface area contributed by atoms with Crippen LogP contribution in [0.25, 0.3) is 0 Å². The van der Waals surface area contributed by atoms with Crippen LogP contribution in [0, 0.1) is 5.92 Å². The normalized spacial score (nSPS) is 20.7. The number of piperidine rings is 1. The minimum absolute atomic E-state index is 0.196. The lowest BCUT2D eigenvalue weighted by atomic mass is 9.96. The third kappa shape index (κ3) is 3.71. The smallest absolute Gasteiger partial charge is 0.276 e. The van der Waals surface area contributed by atoms with E-state index in [1.165, 1.54) is 0 Å². The summed E-state index contributed by atoms with van der Waals surface area (Å²) >= 11 is 0. The van der Waals surface area contributed by atoms with Gasteiger partial charge in [0.15, 0.2) is 11.5 Å². The Balaban J connectivity index is 1.66. The van der Waals surface area contributed by atoms with Crippen molar-refractivity contribution in [1.29, 1.82) is 0 Å². The number of amides is 1. The summed E-state index contributed by atoms with van der Waals surface area (Å²) in [6, 6.07) is 12.9. The van der Waals surface area contributed by atoms with E-state index >= 15 is 0 Å². The Morgan fingerprint density at radius 1 is 1.21 bits per heavy atom. The summed E-state index contributed by atoms with van der Waals surface area (Å²) in [5.41, 5.74) is 1.04. The summed E-state index contributed by atoms with van der Waals surface area (Å²) in [5, 5.41) is 11.1. The van der Waals surface area contributed by atoms with Crippen molar-refractivity contribution in [2.45, 2.75) is 19.4 Å². The largest absolute Gasteiger partial charge is 0.379 e. The highest BCUT2D eigenvalue weighted by molar-refractivity contribution is 6.02. The molecule has 24 heavy (non-hydrogen) atoms. The lowest BCUT2D eigenvalue weighted by Gasteiger charge is -2.36.